The Hall–Kier alpha value is -2.63. The first-order chi connectivity index (χ1) is 9.95. The van der Waals surface area contributed by atoms with Gasteiger partial charge >= 0.3 is 5.97 Å². The Bertz CT molecular complexity index is 569. The van der Waals surface area contributed by atoms with Crippen molar-refractivity contribution in [2.45, 2.75) is 13.0 Å². The summed E-state index contributed by atoms with van der Waals surface area (Å²) in [5.41, 5.74) is 0.237. The minimum atomic E-state index is -1.16. The minimum Gasteiger partial charge on any atom is -0.478 e. The van der Waals surface area contributed by atoms with Gasteiger partial charge < -0.3 is 15.2 Å². The van der Waals surface area contributed by atoms with Gasteiger partial charge in [0, 0.05) is 18.2 Å². The van der Waals surface area contributed by atoms with E-state index in [4.69, 9.17) is 9.84 Å². The summed E-state index contributed by atoms with van der Waals surface area (Å²) < 4.78 is 19.1. The maximum atomic E-state index is 13.8. The van der Waals surface area contributed by atoms with E-state index in [1.54, 1.807) is 0 Å². The highest BCUT2D eigenvalue weighted by Crippen LogP contribution is 2.25. The minimum absolute atomic E-state index is 0.170. The van der Waals surface area contributed by atoms with Crippen LogP contribution in [0.1, 0.15) is 12.5 Å². The Kier molecular flexibility index (Phi) is 6.13. The quantitative estimate of drug-likeness (QED) is 0.595. The molecule has 1 aromatic carbocycles. The van der Waals surface area contributed by atoms with Crippen LogP contribution in [0, 0.1) is 5.82 Å². The molecule has 0 bridgehead atoms. The predicted octanol–water partition coefficient (Wildman–Crippen LogP) is 1.99. The number of amides is 1. The number of halogens is 1. The van der Waals surface area contributed by atoms with Crippen molar-refractivity contribution in [3.05, 3.63) is 48.3 Å². The summed E-state index contributed by atoms with van der Waals surface area (Å²) in [5.74, 6) is -2.43. The fourth-order valence-corrected chi connectivity index (χ4v) is 1.49. The molecule has 0 aromatic heterocycles. The van der Waals surface area contributed by atoms with Gasteiger partial charge in [-0.3, -0.25) is 4.79 Å². The number of benzene rings is 1. The van der Waals surface area contributed by atoms with Crippen LogP contribution in [0.15, 0.2) is 36.9 Å². The molecular formula is C15H16FNO4. The molecule has 0 aliphatic carbocycles. The predicted molar refractivity (Wildman–Crippen MR) is 76.4 cm³/mol. The van der Waals surface area contributed by atoms with Crippen molar-refractivity contribution in [1.82, 2.24) is 5.32 Å². The maximum absolute atomic E-state index is 13.8. The molecule has 0 saturated heterocycles. The molecule has 1 atom stereocenters. The van der Waals surface area contributed by atoms with E-state index < -0.39 is 23.8 Å². The molecule has 0 aliphatic heterocycles. The zero-order valence-electron chi connectivity index (χ0n) is 11.5. The van der Waals surface area contributed by atoms with E-state index in [1.165, 1.54) is 37.3 Å². The second-order valence-electron chi connectivity index (χ2n) is 4.12. The molecule has 6 heteroatoms. The Morgan fingerprint density at radius 2 is 2.24 bits per heavy atom. The standard InChI is InChI=1S/C15H16FNO4/c1-3-9-17-15(20)10(2)21-14-11(7-8-13(18)19)5-4-6-12(14)16/h3-8,10H,1,9H2,2H3,(H,17,20)(H,18,19)/b8-7+. The van der Waals surface area contributed by atoms with Crippen LogP contribution in [-0.2, 0) is 9.59 Å². The Labute approximate surface area is 121 Å². The SMILES string of the molecule is C=CCNC(=O)C(C)Oc1c(F)cccc1/C=C/C(=O)O. The average Bonchev–Trinajstić information content (AvgIpc) is 2.45. The number of para-hydroxylation sites is 1. The van der Waals surface area contributed by atoms with Crippen LogP contribution >= 0.6 is 0 Å². The Morgan fingerprint density at radius 1 is 1.52 bits per heavy atom. The summed E-state index contributed by atoms with van der Waals surface area (Å²) in [7, 11) is 0. The molecule has 0 heterocycles. The normalized spacial score (nSPS) is 11.9. The summed E-state index contributed by atoms with van der Waals surface area (Å²) in [5, 5.41) is 11.1. The van der Waals surface area contributed by atoms with Gasteiger partial charge in [-0.15, -0.1) is 6.58 Å². The number of hydrogen-bond donors (Lipinski definition) is 2. The molecule has 0 aliphatic rings. The molecule has 1 unspecified atom stereocenters. The number of nitrogens with one attached hydrogen (secondary N) is 1. The molecular weight excluding hydrogens is 277 g/mol. The molecule has 5 nitrogen and oxygen atoms in total. The summed E-state index contributed by atoms with van der Waals surface area (Å²) in [4.78, 5) is 22.2. The Morgan fingerprint density at radius 3 is 2.86 bits per heavy atom. The van der Waals surface area contributed by atoms with Gasteiger partial charge in [0.15, 0.2) is 17.7 Å². The third-order valence-electron chi connectivity index (χ3n) is 2.49. The van der Waals surface area contributed by atoms with Gasteiger partial charge in [-0.05, 0) is 19.1 Å². The van der Waals surface area contributed by atoms with E-state index in [-0.39, 0.29) is 17.9 Å². The summed E-state index contributed by atoms with van der Waals surface area (Å²) in [6.07, 6.45) is 2.65. The highest BCUT2D eigenvalue weighted by molar-refractivity contribution is 5.86. The summed E-state index contributed by atoms with van der Waals surface area (Å²) in [6.45, 7) is 5.21. The van der Waals surface area contributed by atoms with E-state index in [1.807, 2.05) is 0 Å². The van der Waals surface area contributed by atoms with Gasteiger partial charge in [0.2, 0.25) is 0 Å². The van der Waals surface area contributed by atoms with Crippen molar-refractivity contribution in [1.29, 1.82) is 0 Å². The van der Waals surface area contributed by atoms with Gasteiger partial charge in [0.05, 0.1) is 0 Å². The van der Waals surface area contributed by atoms with Gasteiger partial charge in [-0.2, -0.15) is 0 Å². The van der Waals surface area contributed by atoms with E-state index in [2.05, 4.69) is 11.9 Å². The number of ether oxygens (including phenoxy) is 1. The smallest absolute Gasteiger partial charge is 0.328 e. The number of carbonyl (C=O) groups is 2. The molecule has 112 valence electrons. The summed E-state index contributed by atoms with van der Waals surface area (Å²) in [6, 6.07) is 4.08. The lowest BCUT2D eigenvalue weighted by atomic mass is 10.1. The summed E-state index contributed by atoms with van der Waals surface area (Å²) >= 11 is 0. The first kappa shape index (κ1) is 16.4. The highest BCUT2D eigenvalue weighted by Gasteiger charge is 2.17. The van der Waals surface area contributed by atoms with Gasteiger partial charge in [0.25, 0.3) is 5.91 Å². The third-order valence-corrected chi connectivity index (χ3v) is 2.49. The fraction of sp³-hybridized carbons (Fsp3) is 0.200. The molecule has 2 N–H and O–H groups in total. The molecule has 21 heavy (non-hydrogen) atoms. The number of carboxylic acid groups (broad SMARTS) is 1. The largest absolute Gasteiger partial charge is 0.478 e. The zero-order valence-corrected chi connectivity index (χ0v) is 11.5. The number of carbonyl (C=O) groups excluding carboxylic acids is 1. The van der Waals surface area contributed by atoms with Crippen molar-refractivity contribution < 1.29 is 23.8 Å². The Balaban J connectivity index is 2.93. The fourth-order valence-electron chi connectivity index (χ4n) is 1.49. The van der Waals surface area contributed by atoms with E-state index in [0.29, 0.717) is 0 Å². The van der Waals surface area contributed by atoms with Crippen molar-refractivity contribution in [3.63, 3.8) is 0 Å². The number of aliphatic carboxylic acids is 1. The van der Waals surface area contributed by atoms with E-state index in [0.717, 1.165) is 6.08 Å². The van der Waals surface area contributed by atoms with Crippen LogP contribution in [-0.4, -0.2) is 29.6 Å². The lowest BCUT2D eigenvalue weighted by Crippen LogP contribution is -2.36. The topological polar surface area (TPSA) is 75.6 Å². The van der Waals surface area contributed by atoms with Crippen LogP contribution in [0.2, 0.25) is 0 Å². The van der Waals surface area contributed by atoms with Gasteiger partial charge in [-0.1, -0.05) is 18.2 Å². The lowest BCUT2D eigenvalue weighted by molar-refractivity contribution is -0.131. The van der Waals surface area contributed by atoms with E-state index in [9.17, 15) is 14.0 Å². The molecule has 0 radical (unpaired) electrons. The van der Waals surface area contributed by atoms with Gasteiger partial charge in [0.1, 0.15) is 0 Å². The number of carboxylic acids is 1. The first-order valence-corrected chi connectivity index (χ1v) is 6.20. The van der Waals surface area contributed by atoms with Crippen molar-refractivity contribution in [2.75, 3.05) is 6.54 Å². The first-order valence-electron chi connectivity index (χ1n) is 6.20. The van der Waals surface area contributed by atoms with Crippen molar-refractivity contribution in [3.8, 4) is 5.75 Å². The van der Waals surface area contributed by atoms with Crippen LogP contribution in [0.25, 0.3) is 6.08 Å². The van der Waals surface area contributed by atoms with Gasteiger partial charge in [-0.25, -0.2) is 9.18 Å². The van der Waals surface area contributed by atoms with Crippen LogP contribution in [0.3, 0.4) is 0 Å². The highest BCUT2D eigenvalue weighted by atomic mass is 19.1. The van der Waals surface area contributed by atoms with Crippen molar-refractivity contribution >= 4 is 18.0 Å². The van der Waals surface area contributed by atoms with Crippen LogP contribution in [0.4, 0.5) is 4.39 Å². The lowest BCUT2D eigenvalue weighted by Gasteiger charge is -2.16. The van der Waals surface area contributed by atoms with E-state index >= 15 is 0 Å². The monoisotopic (exact) mass is 293 g/mol. The molecule has 0 spiro atoms. The second kappa shape index (κ2) is 7.84. The van der Waals surface area contributed by atoms with Crippen LogP contribution in [0.5, 0.6) is 5.75 Å². The molecule has 1 rings (SSSR count). The molecule has 0 fully saturated rings. The van der Waals surface area contributed by atoms with Crippen LogP contribution < -0.4 is 10.1 Å². The molecule has 0 saturated carbocycles. The molecule has 1 amide bonds. The number of hydrogen-bond acceptors (Lipinski definition) is 3. The number of rotatable bonds is 7. The van der Waals surface area contributed by atoms with Crippen molar-refractivity contribution in [2.24, 2.45) is 0 Å². The maximum Gasteiger partial charge on any atom is 0.328 e. The second-order valence-corrected chi connectivity index (χ2v) is 4.12. The average molecular weight is 293 g/mol. The molecule has 1 aromatic rings. The zero-order chi connectivity index (χ0) is 15.8. The third kappa shape index (κ3) is 5.10.